The number of benzene rings is 2. The van der Waals surface area contributed by atoms with E-state index in [2.05, 4.69) is 9.88 Å². The fourth-order valence-electron chi connectivity index (χ4n) is 3.94. The number of likely N-dealkylation sites (tertiary alicyclic amines) is 1. The zero-order valence-corrected chi connectivity index (χ0v) is 16.2. The Labute approximate surface area is 165 Å². The monoisotopic (exact) mass is 393 g/mol. The van der Waals surface area contributed by atoms with Gasteiger partial charge in [0.25, 0.3) is 0 Å². The standard InChI is InChI=1S/C22H20FN3OS/c23-15-7-8-16-19(13-15)26(12-11-25-9-3-4-10-25)14-17(21(16)27)22-24-18-5-1-2-6-20(18)28-22/h1-2,5-8,13-14H,3-4,9-12H2. The molecular weight excluding hydrogens is 373 g/mol. The molecule has 1 saturated heterocycles. The lowest BCUT2D eigenvalue weighted by Gasteiger charge is -2.18. The maximum Gasteiger partial charge on any atom is 0.199 e. The Bertz CT molecular complexity index is 1190. The van der Waals surface area contributed by atoms with Gasteiger partial charge in [-0.3, -0.25) is 4.79 Å². The highest BCUT2D eigenvalue weighted by molar-refractivity contribution is 7.21. The highest BCUT2D eigenvalue weighted by atomic mass is 32.1. The lowest BCUT2D eigenvalue weighted by atomic mass is 10.1. The molecule has 1 aliphatic rings. The van der Waals surface area contributed by atoms with Crippen molar-refractivity contribution in [3.8, 4) is 10.6 Å². The summed E-state index contributed by atoms with van der Waals surface area (Å²) in [6, 6.07) is 12.3. The quantitative estimate of drug-likeness (QED) is 0.512. The maximum atomic E-state index is 13.9. The first-order valence-corrected chi connectivity index (χ1v) is 10.4. The summed E-state index contributed by atoms with van der Waals surface area (Å²) in [5.74, 6) is -0.324. The van der Waals surface area contributed by atoms with Crippen LogP contribution in [0.15, 0.2) is 53.5 Å². The molecule has 0 amide bonds. The molecule has 5 rings (SSSR count). The summed E-state index contributed by atoms with van der Waals surface area (Å²) in [6.07, 6.45) is 4.32. The maximum absolute atomic E-state index is 13.9. The molecule has 4 aromatic rings. The van der Waals surface area contributed by atoms with Gasteiger partial charge in [0, 0.05) is 24.7 Å². The van der Waals surface area contributed by atoms with Crippen LogP contribution in [0.5, 0.6) is 0 Å². The normalized spacial score (nSPS) is 15.0. The SMILES string of the molecule is O=c1c(-c2nc3ccccc3s2)cn(CCN2CCCC2)c2cc(F)ccc12. The van der Waals surface area contributed by atoms with Crippen molar-refractivity contribution in [3.63, 3.8) is 0 Å². The van der Waals surface area contributed by atoms with Crippen LogP contribution in [0.3, 0.4) is 0 Å². The average molecular weight is 393 g/mol. The zero-order chi connectivity index (χ0) is 19.1. The van der Waals surface area contributed by atoms with Crippen LogP contribution in [0.2, 0.25) is 0 Å². The largest absolute Gasteiger partial charge is 0.345 e. The summed E-state index contributed by atoms with van der Waals surface area (Å²) in [5.41, 5.74) is 2.03. The van der Waals surface area contributed by atoms with E-state index in [0.717, 1.165) is 36.4 Å². The van der Waals surface area contributed by atoms with Gasteiger partial charge in [0.05, 0.1) is 21.3 Å². The summed E-state index contributed by atoms with van der Waals surface area (Å²) < 4.78 is 17.0. The first-order chi connectivity index (χ1) is 13.7. The number of hydrogen-bond acceptors (Lipinski definition) is 4. The van der Waals surface area contributed by atoms with Crippen molar-refractivity contribution in [2.24, 2.45) is 0 Å². The average Bonchev–Trinajstić information content (AvgIpc) is 3.37. The first kappa shape index (κ1) is 17.5. The van der Waals surface area contributed by atoms with E-state index >= 15 is 0 Å². The van der Waals surface area contributed by atoms with Crippen LogP contribution in [0.4, 0.5) is 4.39 Å². The zero-order valence-electron chi connectivity index (χ0n) is 15.4. The van der Waals surface area contributed by atoms with Gasteiger partial charge >= 0.3 is 0 Å². The van der Waals surface area contributed by atoms with E-state index in [0.29, 0.717) is 21.5 Å². The molecule has 0 unspecified atom stereocenters. The number of aromatic nitrogens is 2. The van der Waals surface area contributed by atoms with Gasteiger partial charge in [-0.05, 0) is 56.3 Å². The van der Waals surface area contributed by atoms with Crippen molar-refractivity contribution in [1.29, 1.82) is 0 Å². The molecule has 3 heterocycles. The fraction of sp³-hybridized carbons (Fsp3) is 0.273. The van der Waals surface area contributed by atoms with Gasteiger partial charge in [-0.1, -0.05) is 12.1 Å². The van der Waals surface area contributed by atoms with Gasteiger partial charge in [0.15, 0.2) is 5.43 Å². The van der Waals surface area contributed by atoms with Gasteiger partial charge in [-0.2, -0.15) is 0 Å². The van der Waals surface area contributed by atoms with Crippen molar-refractivity contribution in [3.05, 3.63) is 64.7 Å². The smallest absolute Gasteiger partial charge is 0.199 e. The summed E-state index contributed by atoms with van der Waals surface area (Å²) in [5, 5.41) is 1.26. The number of thiazole rings is 1. The third-order valence-electron chi connectivity index (χ3n) is 5.42. The van der Waals surface area contributed by atoms with Crippen molar-refractivity contribution in [1.82, 2.24) is 14.5 Å². The minimum Gasteiger partial charge on any atom is -0.345 e. The van der Waals surface area contributed by atoms with E-state index in [1.54, 1.807) is 6.07 Å². The molecule has 2 aromatic heterocycles. The summed E-state index contributed by atoms with van der Waals surface area (Å²) in [7, 11) is 0. The molecular formula is C22H20FN3OS. The molecule has 142 valence electrons. The molecule has 28 heavy (non-hydrogen) atoms. The Morgan fingerprint density at radius 1 is 1.07 bits per heavy atom. The Morgan fingerprint density at radius 2 is 1.89 bits per heavy atom. The fourth-order valence-corrected chi connectivity index (χ4v) is 4.92. The minimum atomic E-state index is -0.324. The van der Waals surface area contributed by atoms with Crippen LogP contribution in [0, 0.1) is 5.82 Å². The van der Waals surface area contributed by atoms with E-state index in [4.69, 9.17) is 0 Å². The number of fused-ring (bicyclic) bond motifs is 2. The molecule has 1 aliphatic heterocycles. The van der Waals surface area contributed by atoms with Crippen LogP contribution in [0.25, 0.3) is 31.7 Å². The third kappa shape index (κ3) is 3.12. The molecule has 0 aliphatic carbocycles. The van der Waals surface area contributed by atoms with E-state index in [1.807, 2.05) is 35.0 Å². The Morgan fingerprint density at radius 3 is 2.71 bits per heavy atom. The molecule has 4 nitrogen and oxygen atoms in total. The molecule has 0 saturated carbocycles. The second-order valence-corrected chi connectivity index (χ2v) is 8.29. The van der Waals surface area contributed by atoms with Crippen LogP contribution in [-0.4, -0.2) is 34.1 Å². The second kappa shape index (κ2) is 7.11. The topological polar surface area (TPSA) is 38.1 Å². The van der Waals surface area contributed by atoms with Gasteiger partial charge in [0.2, 0.25) is 0 Å². The number of para-hydroxylation sites is 1. The summed E-state index contributed by atoms with van der Waals surface area (Å²) in [6.45, 7) is 3.83. The van der Waals surface area contributed by atoms with Gasteiger partial charge in [0.1, 0.15) is 10.8 Å². The molecule has 0 bridgehead atoms. The predicted molar refractivity (Wildman–Crippen MR) is 112 cm³/mol. The van der Waals surface area contributed by atoms with Crippen LogP contribution >= 0.6 is 11.3 Å². The number of nitrogens with zero attached hydrogens (tertiary/aromatic N) is 3. The number of hydrogen-bond donors (Lipinski definition) is 0. The van der Waals surface area contributed by atoms with Crippen LogP contribution < -0.4 is 5.43 Å². The Kier molecular flexibility index (Phi) is 4.45. The summed E-state index contributed by atoms with van der Waals surface area (Å²) >= 11 is 1.52. The Hall–Kier alpha value is -2.57. The number of pyridine rings is 1. The molecule has 1 fully saturated rings. The second-order valence-electron chi connectivity index (χ2n) is 7.26. The van der Waals surface area contributed by atoms with Crippen molar-refractivity contribution in [2.75, 3.05) is 19.6 Å². The number of halogens is 1. The minimum absolute atomic E-state index is 0.0912. The van der Waals surface area contributed by atoms with Crippen LogP contribution in [-0.2, 0) is 6.54 Å². The lowest BCUT2D eigenvalue weighted by molar-refractivity contribution is 0.324. The molecule has 6 heteroatoms. The molecule has 0 spiro atoms. The molecule has 0 radical (unpaired) electrons. The third-order valence-corrected chi connectivity index (χ3v) is 6.49. The highest BCUT2D eigenvalue weighted by Crippen LogP contribution is 2.29. The number of rotatable bonds is 4. The van der Waals surface area contributed by atoms with Gasteiger partial charge in [-0.25, -0.2) is 9.37 Å². The molecule has 0 atom stereocenters. The molecule has 2 aromatic carbocycles. The summed E-state index contributed by atoms with van der Waals surface area (Å²) in [4.78, 5) is 20.2. The van der Waals surface area contributed by atoms with E-state index in [9.17, 15) is 9.18 Å². The van der Waals surface area contributed by atoms with E-state index < -0.39 is 0 Å². The lowest BCUT2D eigenvalue weighted by Crippen LogP contribution is -2.25. The van der Waals surface area contributed by atoms with Crippen LogP contribution in [0.1, 0.15) is 12.8 Å². The van der Waals surface area contributed by atoms with Crippen molar-refractivity contribution < 1.29 is 4.39 Å². The van der Waals surface area contributed by atoms with Gasteiger partial charge in [-0.15, -0.1) is 11.3 Å². The van der Waals surface area contributed by atoms with Crippen molar-refractivity contribution >= 4 is 32.5 Å². The predicted octanol–water partition coefficient (Wildman–Crippen LogP) is 4.51. The van der Waals surface area contributed by atoms with Crippen molar-refractivity contribution in [2.45, 2.75) is 19.4 Å². The Balaban J connectivity index is 1.65. The highest BCUT2D eigenvalue weighted by Gasteiger charge is 2.16. The first-order valence-electron chi connectivity index (χ1n) is 9.60. The van der Waals surface area contributed by atoms with E-state index in [1.165, 1.54) is 36.3 Å². The van der Waals surface area contributed by atoms with Gasteiger partial charge < -0.3 is 9.47 Å². The molecule has 0 N–H and O–H groups in total. The van der Waals surface area contributed by atoms with E-state index in [-0.39, 0.29) is 11.2 Å².